The van der Waals surface area contributed by atoms with Crippen molar-refractivity contribution in [2.75, 3.05) is 0 Å². The van der Waals surface area contributed by atoms with Gasteiger partial charge in [-0.05, 0) is 64.3 Å². The van der Waals surface area contributed by atoms with Crippen LogP contribution in [-0.2, 0) is 0 Å². The molecule has 20 heavy (non-hydrogen) atoms. The van der Waals surface area contributed by atoms with E-state index in [1.54, 1.807) is 22.7 Å². The molecule has 0 atom stereocenters. The van der Waals surface area contributed by atoms with Crippen molar-refractivity contribution >= 4 is 34.3 Å². The van der Waals surface area contributed by atoms with Crippen LogP contribution in [0.15, 0.2) is 0 Å². The van der Waals surface area contributed by atoms with E-state index in [0.717, 1.165) is 11.1 Å². The molecule has 0 saturated carbocycles. The van der Waals surface area contributed by atoms with E-state index in [1.807, 2.05) is 0 Å². The molecule has 2 rings (SSSR count). The summed E-state index contributed by atoms with van der Waals surface area (Å²) in [7, 11) is 0. The molecular formula is C17H19NS2. The lowest BCUT2D eigenvalue weighted by Crippen LogP contribution is -1.87. The Hall–Kier alpha value is -1.37. The minimum absolute atomic E-state index is 0.786. The number of hydrogen-bond acceptors (Lipinski definition) is 3. The number of rotatable bonds is 2. The monoisotopic (exact) mass is 301 g/mol. The SMILES string of the molecule is Cc1sc(C)c(C=C(C#N)c2c(C)sc(C)c2C)c1C. The van der Waals surface area contributed by atoms with E-state index >= 15 is 0 Å². The zero-order valence-corrected chi connectivity index (χ0v) is 14.5. The highest BCUT2D eigenvalue weighted by molar-refractivity contribution is 7.12. The molecule has 0 radical (unpaired) electrons. The molecule has 0 amide bonds. The smallest absolute Gasteiger partial charge is 0.0998 e. The second-order valence-electron chi connectivity index (χ2n) is 5.14. The van der Waals surface area contributed by atoms with Crippen molar-refractivity contribution in [2.24, 2.45) is 0 Å². The Morgan fingerprint density at radius 1 is 0.850 bits per heavy atom. The molecule has 0 unspecified atom stereocenters. The number of nitrogens with zero attached hydrogens (tertiary/aromatic N) is 1. The molecular weight excluding hydrogens is 282 g/mol. The van der Waals surface area contributed by atoms with E-state index in [4.69, 9.17) is 0 Å². The lowest BCUT2D eigenvalue weighted by molar-refractivity contribution is 1.38. The number of hydrogen-bond donors (Lipinski definition) is 0. The number of allylic oxidation sites excluding steroid dienone is 1. The number of thiophene rings is 2. The molecule has 104 valence electrons. The van der Waals surface area contributed by atoms with Gasteiger partial charge in [0, 0.05) is 25.1 Å². The highest BCUT2D eigenvalue weighted by Crippen LogP contribution is 2.35. The van der Waals surface area contributed by atoms with E-state index in [1.165, 1.54) is 36.2 Å². The maximum atomic E-state index is 9.58. The second kappa shape index (κ2) is 5.55. The van der Waals surface area contributed by atoms with Crippen LogP contribution in [0, 0.1) is 52.9 Å². The van der Waals surface area contributed by atoms with Gasteiger partial charge in [0.15, 0.2) is 0 Å². The molecule has 1 nitrogen and oxygen atoms in total. The topological polar surface area (TPSA) is 23.8 Å². The van der Waals surface area contributed by atoms with Crippen LogP contribution in [0.5, 0.6) is 0 Å². The average Bonchev–Trinajstić information content (AvgIpc) is 2.77. The summed E-state index contributed by atoms with van der Waals surface area (Å²) in [5, 5.41) is 9.58. The van der Waals surface area contributed by atoms with Crippen LogP contribution in [0.2, 0.25) is 0 Å². The highest BCUT2D eigenvalue weighted by atomic mass is 32.1. The van der Waals surface area contributed by atoms with E-state index in [-0.39, 0.29) is 0 Å². The summed E-state index contributed by atoms with van der Waals surface area (Å²) in [5.41, 5.74) is 5.66. The lowest BCUT2D eigenvalue weighted by Gasteiger charge is -2.03. The van der Waals surface area contributed by atoms with Crippen molar-refractivity contribution in [1.29, 1.82) is 5.26 Å². The predicted octanol–water partition coefficient (Wildman–Crippen LogP) is 5.72. The molecule has 3 heteroatoms. The van der Waals surface area contributed by atoms with Crippen LogP contribution in [-0.4, -0.2) is 0 Å². The molecule has 0 aliphatic rings. The standard InChI is InChI=1S/C17H19NS2/c1-9-11(3)19-13(5)16(9)7-15(8-18)17-10(2)12(4)20-14(17)6/h7H,1-6H3. The Balaban J connectivity index is 2.64. The highest BCUT2D eigenvalue weighted by Gasteiger charge is 2.15. The molecule has 0 fully saturated rings. The first-order valence-electron chi connectivity index (χ1n) is 6.62. The first-order valence-corrected chi connectivity index (χ1v) is 8.25. The van der Waals surface area contributed by atoms with Gasteiger partial charge < -0.3 is 0 Å². The summed E-state index contributed by atoms with van der Waals surface area (Å²) in [6.07, 6.45) is 2.07. The fourth-order valence-corrected chi connectivity index (χ4v) is 4.64. The summed E-state index contributed by atoms with van der Waals surface area (Å²) in [6.45, 7) is 12.7. The van der Waals surface area contributed by atoms with Crippen LogP contribution < -0.4 is 0 Å². The van der Waals surface area contributed by atoms with Gasteiger partial charge in [-0.25, -0.2) is 0 Å². The maximum absolute atomic E-state index is 9.58. The van der Waals surface area contributed by atoms with Crippen LogP contribution in [0.25, 0.3) is 11.6 Å². The Kier molecular flexibility index (Phi) is 4.17. The fraction of sp³-hybridized carbons (Fsp3) is 0.353. The van der Waals surface area contributed by atoms with Gasteiger partial charge in [-0.15, -0.1) is 22.7 Å². The van der Waals surface area contributed by atoms with Crippen molar-refractivity contribution in [1.82, 2.24) is 0 Å². The molecule has 2 heterocycles. The van der Waals surface area contributed by atoms with Gasteiger partial charge in [-0.2, -0.15) is 5.26 Å². The Morgan fingerprint density at radius 2 is 1.40 bits per heavy atom. The maximum Gasteiger partial charge on any atom is 0.0998 e. The van der Waals surface area contributed by atoms with Gasteiger partial charge in [0.2, 0.25) is 0 Å². The summed E-state index contributed by atoms with van der Waals surface area (Å²) in [6, 6.07) is 2.40. The van der Waals surface area contributed by atoms with Crippen LogP contribution >= 0.6 is 22.7 Å². The van der Waals surface area contributed by atoms with Crippen molar-refractivity contribution in [2.45, 2.75) is 41.5 Å². The fourth-order valence-electron chi connectivity index (χ4n) is 2.52. The van der Waals surface area contributed by atoms with Crippen molar-refractivity contribution in [3.8, 4) is 6.07 Å². The van der Waals surface area contributed by atoms with E-state index < -0.39 is 0 Å². The zero-order valence-electron chi connectivity index (χ0n) is 12.8. The minimum Gasteiger partial charge on any atom is -0.192 e. The Morgan fingerprint density at radius 3 is 1.80 bits per heavy atom. The molecule has 0 N–H and O–H groups in total. The molecule has 0 spiro atoms. The molecule has 0 aromatic carbocycles. The molecule has 0 aliphatic heterocycles. The number of aryl methyl sites for hydroxylation is 4. The molecule has 0 bridgehead atoms. The van der Waals surface area contributed by atoms with Crippen molar-refractivity contribution in [3.05, 3.63) is 41.8 Å². The molecule has 2 aromatic heterocycles. The van der Waals surface area contributed by atoms with Gasteiger partial charge in [-0.1, -0.05) is 0 Å². The van der Waals surface area contributed by atoms with Gasteiger partial charge in [0.1, 0.15) is 0 Å². The van der Waals surface area contributed by atoms with Gasteiger partial charge in [0.25, 0.3) is 0 Å². The van der Waals surface area contributed by atoms with Gasteiger partial charge in [-0.3, -0.25) is 0 Å². The van der Waals surface area contributed by atoms with Crippen LogP contribution in [0.1, 0.15) is 41.8 Å². The van der Waals surface area contributed by atoms with E-state index in [9.17, 15) is 5.26 Å². The summed E-state index contributed by atoms with van der Waals surface area (Å²) < 4.78 is 0. The molecule has 0 aliphatic carbocycles. The minimum atomic E-state index is 0.786. The van der Waals surface area contributed by atoms with E-state index in [0.29, 0.717) is 0 Å². The van der Waals surface area contributed by atoms with Gasteiger partial charge >= 0.3 is 0 Å². The second-order valence-corrected chi connectivity index (χ2v) is 8.00. The average molecular weight is 301 g/mol. The third-order valence-electron chi connectivity index (χ3n) is 3.86. The van der Waals surface area contributed by atoms with Gasteiger partial charge in [0.05, 0.1) is 11.6 Å². The molecule has 2 aromatic rings. The summed E-state index contributed by atoms with van der Waals surface area (Å²) >= 11 is 3.58. The quantitative estimate of drug-likeness (QED) is 0.650. The normalized spacial score (nSPS) is 11.8. The van der Waals surface area contributed by atoms with Crippen LogP contribution in [0.4, 0.5) is 0 Å². The first kappa shape index (κ1) is 15.0. The Bertz CT molecular complexity index is 736. The molecule has 0 saturated heterocycles. The third-order valence-corrected chi connectivity index (χ3v) is 6.12. The van der Waals surface area contributed by atoms with Crippen LogP contribution in [0.3, 0.4) is 0 Å². The van der Waals surface area contributed by atoms with E-state index in [2.05, 4.69) is 53.7 Å². The number of nitriles is 1. The van der Waals surface area contributed by atoms with Crippen molar-refractivity contribution < 1.29 is 0 Å². The van der Waals surface area contributed by atoms with Crippen molar-refractivity contribution in [3.63, 3.8) is 0 Å². The predicted molar refractivity (Wildman–Crippen MR) is 90.5 cm³/mol. The summed E-state index contributed by atoms with van der Waals surface area (Å²) in [5.74, 6) is 0. The zero-order chi connectivity index (χ0) is 15.0. The largest absolute Gasteiger partial charge is 0.192 e. The first-order chi connectivity index (χ1) is 9.36. The summed E-state index contributed by atoms with van der Waals surface area (Å²) in [4.78, 5) is 5.15. The third kappa shape index (κ3) is 2.46. The Labute approximate surface area is 129 Å². The lowest BCUT2D eigenvalue weighted by atomic mass is 9.99.